The summed E-state index contributed by atoms with van der Waals surface area (Å²) in [5.74, 6) is 1.21. The van der Waals surface area contributed by atoms with Crippen LogP contribution < -0.4 is 0 Å². The SMILES string of the molecule is Cc1cc(C(=O)CSc2nc3ncc(Cl)cc3[nH]2)c(C)n1Cc1ccco1. The van der Waals surface area contributed by atoms with Crippen LogP contribution in [0.4, 0.5) is 0 Å². The van der Waals surface area contributed by atoms with Gasteiger partial charge in [-0.25, -0.2) is 9.97 Å². The van der Waals surface area contributed by atoms with E-state index in [4.69, 9.17) is 16.0 Å². The Morgan fingerprint density at radius 2 is 2.22 bits per heavy atom. The first-order valence-electron chi connectivity index (χ1n) is 8.37. The number of nitrogens with zero attached hydrogens (tertiary/aromatic N) is 3. The molecule has 4 heterocycles. The van der Waals surface area contributed by atoms with Crippen LogP contribution in [0.5, 0.6) is 0 Å². The number of H-pyrrole nitrogens is 1. The van der Waals surface area contributed by atoms with Gasteiger partial charge in [-0.05, 0) is 38.1 Å². The van der Waals surface area contributed by atoms with E-state index in [1.165, 1.54) is 11.8 Å². The Morgan fingerprint density at radius 1 is 1.37 bits per heavy atom. The maximum Gasteiger partial charge on any atom is 0.178 e. The fourth-order valence-electron chi connectivity index (χ4n) is 3.02. The molecule has 0 bridgehead atoms. The summed E-state index contributed by atoms with van der Waals surface area (Å²) in [5.41, 5.74) is 4.04. The predicted molar refractivity (Wildman–Crippen MR) is 106 cm³/mol. The molecule has 4 aromatic rings. The zero-order valence-electron chi connectivity index (χ0n) is 14.8. The largest absolute Gasteiger partial charge is 0.467 e. The third-order valence-electron chi connectivity index (χ3n) is 4.39. The van der Waals surface area contributed by atoms with Gasteiger partial charge in [-0.1, -0.05) is 23.4 Å². The molecular weight excluding hydrogens is 384 g/mol. The summed E-state index contributed by atoms with van der Waals surface area (Å²) in [4.78, 5) is 24.4. The Hall–Kier alpha value is -2.51. The summed E-state index contributed by atoms with van der Waals surface area (Å²) in [7, 11) is 0. The summed E-state index contributed by atoms with van der Waals surface area (Å²) in [6.07, 6.45) is 3.21. The number of Topliss-reactive ketones (excluding diaryl/α,β-unsaturated/α-hetero) is 1. The number of pyridine rings is 1. The van der Waals surface area contributed by atoms with Crippen molar-refractivity contribution in [2.75, 3.05) is 5.75 Å². The zero-order chi connectivity index (χ0) is 19.0. The van der Waals surface area contributed by atoms with Gasteiger partial charge in [-0.15, -0.1) is 0 Å². The van der Waals surface area contributed by atoms with Crippen LogP contribution in [0.2, 0.25) is 5.02 Å². The van der Waals surface area contributed by atoms with Crippen LogP contribution in [0.15, 0.2) is 46.3 Å². The molecule has 6 nitrogen and oxygen atoms in total. The fourth-order valence-corrected chi connectivity index (χ4v) is 3.93. The monoisotopic (exact) mass is 400 g/mol. The van der Waals surface area contributed by atoms with E-state index in [0.717, 1.165) is 28.2 Å². The second kappa shape index (κ2) is 7.25. The fraction of sp³-hybridized carbons (Fsp3) is 0.211. The number of imidazole rings is 1. The number of carbonyl (C=O) groups excluding carboxylic acids is 1. The lowest BCUT2D eigenvalue weighted by atomic mass is 10.2. The molecule has 27 heavy (non-hydrogen) atoms. The van der Waals surface area contributed by atoms with Crippen molar-refractivity contribution in [3.8, 4) is 0 Å². The third-order valence-corrected chi connectivity index (χ3v) is 5.47. The molecular formula is C19H17ClN4O2S. The molecule has 0 saturated heterocycles. The molecule has 0 radical (unpaired) electrons. The topological polar surface area (TPSA) is 76.7 Å². The summed E-state index contributed by atoms with van der Waals surface area (Å²) in [5, 5.41) is 1.19. The number of aromatic nitrogens is 4. The highest BCUT2D eigenvalue weighted by Gasteiger charge is 2.17. The number of furan rings is 1. The number of halogens is 1. The minimum absolute atomic E-state index is 0.0604. The molecule has 138 valence electrons. The van der Waals surface area contributed by atoms with Crippen molar-refractivity contribution in [3.63, 3.8) is 0 Å². The molecule has 0 saturated carbocycles. The van der Waals surface area contributed by atoms with Gasteiger partial charge in [0.25, 0.3) is 0 Å². The molecule has 0 aliphatic rings. The number of ketones is 1. The maximum absolute atomic E-state index is 12.7. The molecule has 0 spiro atoms. The second-order valence-corrected chi connectivity index (χ2v) is 7.63. The van der Waals surface area contributed by atoms with Crippen molar-refractivity contribution in [3.05, 3.63) is 64.5 Å². The second-order valence-electron chi connectivity index (χ2n) is 6.23. The van der Waals surface area contributed by atoms with Crippen LogP contribution in [0.25, 0.3) is 11.2 Å². The summed E-state index contributed by atoms with van der Waals surface area (Å²) in [6.45, 7) is 4.57. The number of rotatable bonds is 6. The van der Waals surface area contributed by atoms with Gasteiger partial charge in [0.05, 0.1) is 29.1 Å². The predicted octanol–water partition coefficient (Wildman–Crippen LogP) is 4.65. The Labute approximate surface area is 165 Å². The Morgan fingerprint density at radius 3 is 3.00 bits per heavy atom. The summed E-state index contributed by atoms with van der Waals surface area (Å²) in [6, 6.07) is 7.49. The van der Waals surface area contributed by atoms with E-state index in [-0.39, 0.29) is 5.78 Å². The van der Waals surface area contributed by atoms with Crippen molar-refractivity contribution >= 4 is 40.3 Å². The molecule has 8 heteroatoms. The summed E-state index contributed by atoms with van der Waals surface area (Å²) >= 11 is 7.30. The van der Waals surface area contributed by atoms with E-state index in [9.17, 15) is 4.79 Å². The molecule has 0 aliphatic carbocycles. The van der Waals surface area contributed by atoms with Crippen LogP contribution in [0, 0.1) is 13.8 Å². The Balaban J connectivity index is 1.49. The Kier molecular flexibility index (Phi) is 4.80. The van der Waals surface area contributed by atoms with Crippen molar-refractivity contribution in [2.45, 2.75) is 25.5 Å². The lowest BCUT2D eigenvalue weighted by molar-refractivity contribution is 0.102. The quantitative estimate of drug-likeness (QED) is 0.376. The molecule has 0 unspecified atom stereocenters. The number of carbonyl (C=O) groups is 1. The van der Waals surface area contributed by atoms with Gasteiger partial charge in [-0.2, -0.15) is 0 Å². The van der Waals surface area contributed by atoms with Crippen LogP contribution >= 0.6 is 23.4 Å². The molecule has 1 N–H and O–H groups in total. The van der Waals surface area contributed by atoms with Gasteiger partial charge in [0.15, 0.2) is 16.6 Å². The van der Waals surface area contributed by atoms with E-state index < -0.39 is 0 Å². The molecule has 4 aromatic heterocycles. The highest BCUT2D eigenvalue weighted by Crippen LogP contribution is 2.23. The summed E-state index contributed by atoms with van der Waals surface area (Å²) < 4.78 is 7.51. The molecule has 0 amide bonds. The number of aryl methyl sites for hydroxylation is 1. The maximum atomic E-state index is 12.7. The van der Waals surface area contributed by atoms with Crippen molar-refractivity contribution < 1.29 is 9.21 Å². The Bertz CT molecular complexity index is 1110. The number of thioether (sulfide) groups is 1. The number of fused-ring (bicyclic) bond motifs is 1. The van der Waals surface area contributed by atoms with Crippen molar-refractivity contribution in [2.24, 2.45) is 0 Å². The molecule has 0 fully saturated rings. The first kappa shape index (κ1) is 17.9. The van der Waals surface area contributed by atoms with Crippen molar-refractivity contribution in [1.82, 2.24) is 19.5 Å². The van der Waals surface area contributed by atoms with E-state index in [1.807, 2.05) is 32.0 Å². The minimum atomic E-state index is 0.0604. The van der Waals surface area contributed by atoms with Crippen LogP contribution in [0.3, 0.4) is 0 Å². The van der Waals surface area contributed by atoms with Gasteiger partial charge >= 0.3 is 0 Å². The minimum Gasteiger partial charge on any atom is -0.467 e. The highest BCUT2D eigenvalue weighted by atomic mass is 35.5. The lowest BCUT2D eigenvalue weighted by Gasteiger charge is -2.07. The van der Waals surface area contributed by atoms with Crippen LogP contribution in [-0.2, 0) is 6.54 Å². The molecule has 0 atom stereocenters. The van der Waals surface area contributed by atoms with E-state index >= 15 is 0 Å². The average molecular weight is 401 g/mol. The number of aromatic amines is 1. The third kappa shape index (κ3) is 3.65. The van der Waals surface area contributed by atoms with E-state index in [0.29, 0.717) is 28.1 Å². The van der Waals surface area contributed by atoms with Crippen LogP contribution in [0.1, 0.15) is 27.5 Å². The van der Waals surface area contributed by atoms with Gasteiger partial charge < -0.3 is 14.0 Å². The standard InChI is InChI=1S/C19H17ClN4O2S/c1-11-6-15(12(2)24(11)9-14-4-3-5-26-14)17(25)10-27-19-22-16-7-13(20)8-21-18(16)23-19/h3-8H,9-10H2,1-2H3,(H,21,22,23). The first-order valence-corrected chi connectivity index (χ1v) is 9.74. The average Bonchev–Trinajstić information content (AvgIpc) is 3.35. The van der Waals surface area contributed by atoms with Gasteiger partial charge in [0.2, 0.25) is 0 Å². The lowest BCUT2D eigenvalue weighted by Crippen LogP contribution is -2.07. The normalized spacial score (nSPS) is 11.4. The van der Waals surface area contributed by atoms with Gasteiger partial charge in [0.1, 0.15) is 5.76 Å². The smallest absolute Gasteiger partial charge is 0.178 e. The van der Waals surface area contributed by atoms with E-state index in [1.54, 1.807) is 18.5 Å². The number of nitrogens with one attached hydrogen (secondary N) is 1. The first-order chi connectivity index (χ1) is 13.0. The number of hydrogen-bond acceptors (Lipinski definition) is 5. The van der Waals surface area contributed by atoms with Gasteiger partial charge in [0, 0.05) is 23.1 Å². The van der Waals surface area contributed by atoms with Crippen LogP contribution in [-0.4, -0.2) is 31.1 Å². The molecule has 0 aliphatic heterocycles. The highest BCUT2D eigenvalue weighted by molar-refractivity contribution is 7.99. The zero-order valence-corrected chi connectivity index (χ0v) is 16.4. The number of hydrogen-bond donors (Lipinski definition) is 1. The molecule has 4 rings (SSSR count). The van der Waals surface area contributed by atoms with Gasteiger partial charge in [-0.3, -0.25) is 4.79 Å². The van der Waals surface area contributed by atoms with Crippen molar-refractivity contribution in [1.29, 1.82) is 0 Å². The molecule has 0 aromatic carbocycles. The van der Waals surface area contributed by atoms with E-state index in [2.05, 4.69) is 19.5 Å².